The van der Waals surface area contributed by atoms with Gasteiger partial charge in [0, 0.05) is 0 Å². The van der Waals surface area contributed by atoms with Gasteiger partial charge in [0.05, 0.1) is 24.2 Å². The van der Waals surface area contributed by atoms with E-state index in [1.54, 1.807) is 11.1 Å². The third-order valence-corrected chi connectivity index (χ3v) is 32.5. The summed E-state index contributed by atoms with van der Waals surface area (Å²) < 4.78 is 0. The van der Waals surface area contributed by atoms with Gasteiger partial charge in [-0.2, -0.15) is 0 Å². The molecule has 6 aromatic carbocycles. The van der Waals surface area contributed by atoms with Gasteiger partial charge in [0.15, 0.2) is 0 Å². The van der Waals surface area contributed by atoms with E-state index >= 15 is 0 Å². The van der Waals surface area contributed by atoms with Crippen LogP contribution in [0.2, 0.25) is 54.4 Å². The van der Waals surface area contributed by atoms with Crippen molar-refractivity contribution in [1.82, 2.24) is 0 Å². The minimum absolute atomic E-state index is 0. The number of benzene rings is 6. The van der Waals surface area contributed by atoms with E-state index in [4.69, 9.17) is 0 Å². The van der Waals surface area contributed by atoms with E-state index < -0.39 is 24.2 Å². The van der Waals surface area contributed by atoms with Gasteiger partial charge < -0.3 is 0 Å². The zero-order valence-electron chi connectivity index (χ0n) is 41.8. The number of aryl methyl sites for hydroxylation is 3. The van der Waals surface area contributed by atoms with Gasteiger partial charge >= 0.3 is 0 Å². The van der Waals surface area contributed by atoms with Crippen LogP contribution in [0.15, 0.2) is 146 Å². The van der Waals surface area contributed by atoms with Crippen molar-refractivity contribution < 1.29 is 0 Å². The molecule has 0 unspecified atom stereocenters. The third-order valence-electron chi connectivity index (χ3n) is 15.5. The Morgan fingerprint density at radius 2 is 0.375 bits per heavy atom. The molecule has 6 aromatic rings. The van der Waals surface area contributed by atoms with Gasteiger partial charge in [-0.3, -0.25) is 0 Å². The zero-order chi connectivity index (χ0) is 45.9. The summed E-state index contributed by atoms with van der Waals surface area (Å²) in [4.78, 5) is 0. The standard InChI is InChI=1S/C26H42Si2.C20H28Si.C14H14.CH4/c1-7-27(8-2,9-3)21-23-13-17-25(18-14-23)26-19-15-24(16-20-26)22-28(10-4,11-5)12-6;1-5-21(6-2,7-3)16-18-10-14-20(15-11-18)19-12-8-17(4)9-13-19;1-11-3-7-13(8-4-11)14-9-5-12(2)6-10-14;/h13-20H,7-12,21-22H2,1-6H3;8-15H,5-7,16H2,1-4H3;3-10H,1-2H3;1H4. The maximum absolute atomic E-state index is 2.41. The number of hydrogen-bond donors (Lipinski definition) is 0. The Balaban J connectivity index is 0.000000267. The van der Waals surface area contributed by atoms with Crippen molar-refractivity contribution in [2.45, 2.75) is 163 Å². The average molecular weight is 906 g/mol. The summed E-state index contributed by atoms with van der Waals surface area (Å²) in [6.07, 6.45) is 0. The summed E-state index contributed by atoms with van der Waals surface area (Å²) in [5.74, 6) is 0. The predicted molar refractivity (Wildman–Crippen MR) is 299 cm³/mol. The van der Waals surface area contributed by atoms with Gasteiger partial charge in [0.25, 0.3) is 0 Å². The van der Waals surface area contributed by atoms with Gasteiger partial charge in [0.1, 0.15) is 0 Å². The highest BCUT2D eigenvalue weighted by atomic mass is 28.3. The first kappa shape index (κ1) is 54.3. The Bertz CT molecular complexity index is 2020. The van der Waals surface area contributed by atoms with Gasteiger partial charge in [-0.15, -0.1) is 0 Å². The second-order valence-corrected chi connectivity index (χ2v) is 35.3. The van der Waals surface area contributed by atoms with E-state index in [9.17, 15) is 0 Å². The van der Waals surface area contributed by atoms with Crippen LogP contribution in [0.5, 0.6) is 0 Å². The van der Waals surface area contributed by atoms with E-state index in [2.05, 4.69) is 229 Å². The van der Waals surface area contributed by atoms with Gasteiger partial charge in [0.2, 0.25) is 0 Å². The summed E-state index contributed by atoms with van der Waals surface area (Å²) in [6.45, 7) is 28.0. The molecule has 0 fully saturated rings. The summed E-state index contributed by atoms with van der Waals surface area (Å²) in [6, 6.07) is 70.9. The molecule has 3 heteroatoms. The molecule has 0 bridgehead atoms. The van der Waals surface area contributed by atoms with Crippen LogP contribution in [0.4, 0.5) is 0 Å². The first-order valence-corrected chi connectivity index (χ1v) is 33.3. The molecule has 0 aliphatic heterocycles. The van der Waals surface area contributed by atoms with Crippen LogP contribution in [0.1, 0.15) is 103 Å². The minimum Gasteiger partial charge on any atom is -0.0776 e. The average Bonchev–Trinajstić information content (AvgIpc) is 3.34. The van der Waals surface area contributed by atoms with Crippen LogP contribution in [-0.2, 0) is 18.1 Å². The molecule has 344 valence electrons. The topological polar surface area (TPSA) is 0 Å². The molecule has 0 aliphatic rings. The van der Waals surface area contributed by atoms with Crippen molar-refractivity contribution in [2.24, 2.45) is 0 Å². The van der Waals surface area contributed by atoms with Gasteiger partial charge in [-0.05, 0) is 72.3 Å². The fraction of sp³-hybridized carbons (Fsp3) is 0.410. The predicted octanol–water partition coefficient (Wildman–Crippen LogP) is 19.4. The molecule has 0 aromatic heterocycles. The summed E-state index contributed by atoms with van der Waals surface area (Å²) >= 11 is 0. The fourth-order valence-electron chi connectivity index (χ4n) is 9.36. The van der Waals surface area contributed by atoms with Crippen LogP contribution in [0, 0.1) is 20.8 Å². The van der Waals surface area contributed by atoms with Crippen molar-refractivity contribution in [3.05, 3.63) is 179 Å². The molecular weight excluding hydrogens is 817 g/mol. The smallest absolute Gasteiger partial charge is 0.0571 e. The lowest BCUT2D eigenvalue weighted by Gasteiger charge is -2.28. The Kier molecular flexibility index (Phi) is 22.8. The van der Waals surface area contributed by atoms with Crippen LogP contribution in [0.3, 0.4) is 0 Å². The van der Waals surface area contributed by atoms with Gasteiger partial charge in [-0.1, -0.05) is 303 Å². The second kappa shape index (κ2) is 26.8. The number of hydrogen-bond acceptors (Lipinski definition) is 0. The molecule has 0 nitrogen and oxygen atoms in total. The molecule has 0 saturated carbocycles. The molecule has 0 aliphatic carbocycles. The lowest BCUT2D eigenvalue weighted by molar-refractivity contribution is 1.10. The molecule has 0 saturated heterocycles. The van der Waals surface area contributed by atoms with Crippen molar-refractivity contribution in [1.29, 1.82) is 0 Å². The molecule has 0 amide bonds. The van der Waals surface area contributed by atoms with Crippen LogP contribution >= 0.6 is 0 Å². The highest BCUT2D eigenvalue weighted by Crippen LogP contribution is 2.30. The zero-order valence-corrected chi connectivity index (χ0v) is 44.8. The number of rotatable bonds is 18. The monoisotopic (exact) mass is 905 g/mol. The molecule has 0 atom stereocenters. The normalized spacial score (nSPS) is 11.4. The third kappa shape index (κ3) is 15.6. The van der Waals surface area contributed by atoms with E-state index in [0.29, 0.717) is 0 Å². The Morgan fingerprint density at radius 1 is 0.234 bits per heavy atom. The van der Waals surface area contributed by atoms with Crippen molar-refractivity contribution in [3.8, 4) is 33.4 Å². The van der Waals surface area contributed by atoms with Crippen molar-refractivity contribution in [3.63, 3.8) is 0 Å². The van der Waals surface area contributed by atoms with E-state index in [1.165, 1.54) is 128 Å². The molecule has 0 radical (unpaired) electrons. The largest absolute Gasteiger partial charge is 0.0776 e. The molecular formula is C61H88Si3. The molecule has 64 heavy (non-hydrogen) atoms. The summed E-state index contributed by atoms with van der Waals surface area (Å²) in [7, 11) is -3.25. The highest BCUT2D eigenvalue weighted by Gasteiger charge is 2.28. The summed E-state index contributed by atoms with van der Waals surface area (Å²) in [5, 5.41) is 0. The fourth-order valence-corrected chi connectivity index (χ4v) is 19.4. The molecule has 0 N–H and O–H groups in total. The van der Waals surface area contributed by atoms with E-state index in [0.717, 1.165) is 0 Å². The summed E-state index contributed by atoms with van der Waals surface area (Å²) in [5.41, 5.74) is 16.5. The van der Waals surface area contributed by atoms with Crippen molar-refractivity contribution in [2.75, 3.05) is 0 Å². The SMILES string of the molecule is C.CC[Si](CC)(CC)Cc1ccc(-c2ccc(C)cc2)cc1.CC[Si](CC)(CC)Cc1ccc(-c2ccc(C[Si](CC)(CC)CC)cc2)cc1.Cc1ccc(-c2ccc(C)cc2)cc1. The highest BCUT2D eigenvalue weighted by molar-refractivity contribution is 6.80. The minimum atomic E-state index is -1.09. The molecule has 0 heterocycles. The van der Waals surface area contributed by atoms with Gasteiger partial charge in [-0.25, -0.2) is 0 Å². The lowest BCUT2D eigenvalue weighted by atomic mass is 10.0. The molecule has 6 rings (SSSR count). The maximum atomic E-state index is 2.41. The Hall–Kier alpha value is -4.03. The quantitative estimate of drug-likeness (QED) is 0.0754. The van der Waals surface area contributed by atoms with Crippen LogP contribution in [-0.4, -0.2) is 24.2 Å². The first-order chi connectivity index (χ1) is 30.4. The lowest BCUT2D eigenvalue weighted by Crippen LogP contribution is -2.34. The van der Waals surface area contributed by atoms with E-state index in [-0.39, 0.29) is 7.43 Å². The Labute approximate surface area is 397 Å². The van der Waals surface area contributed by atoms with Crippen molar-refractivity contribution >= 4 is 24.2 Å². The molecule has 0 spiro atoms. The Morgan fingerprint density at radius 3 is 0.516 bits per heavy atom. The van der Waals surface area contributed by atoms with Crippen LogP contribution in [0.25, 0.3) is 33.4 Å². The van der Waals surface area contributed by atoms with E-state index in [1.807, 2.05) is 0 Å². The first-order valence-electron chi connectivity index (χ1n) is 24.8. The maximum Gasteiger partial charge on any atom is 0.0571 e. The second-order valence-electron chi connectivity index (χ2n) is 18.9. The van der Waals surface area contributed by atoms with Crippen LogP contribution < -0.4 is 0 Å².